The summed E-state index contributed by atoms with van der Waals surface area (Å²) in [7, 11) is 0. The molecule has 2 aromatic rings. The number of aliphatic hydroxyl groups is 1. The zero-order valence-electron chi connectivity index (χ0n) is 9.30. The predicted octanol–water partition coefficient (Wildman–Crippen LogP) is 5.63. The number of hydrogen-bond donors (Lipinski definition) is 1. The number of benzene rings is 2. The average molecular weight is 384 g/mol. The van der Waals surface area contributed by atoms with Gasteiger partial charge < -0.3 is 5.11 Å². The van der Waals surface area contributed by atoms with Crippen molar-refractivity contribution in [2.24, 2.45) is 0 Å². The highest BCUT2D eigenvalue weighted by molar-refractivity contribution is 9.10. The van der Waals surface area contributed by atoms with Gasteiger partial charge in [-0.05, 0) is 40.2 Å². The van der Waals surface area contributed by atoms with Crippen molar-refractivity contribution in [2.75, 3.05) is 0 Å². The lowest BCUT2D eigenvalue weighted by atomic mass is 10.0. The molecule has 19 heavy (non-hydrogen) atoms. The Morgan fingerprint density at radius 2 is 1.68 bits per heavy atom. The molecule has 2 aromatic carbocycles. The number of rotatable bonds is 2. The van der Waals surface area contributed by atoms with Gasteiger partial charge in [-0.3, -0.25) is 0 Å². The van der Waals surface area contributed by atoms with Crippen molar-refractivity contribution in [3.05, 3.63) is 66.8 Å². The Labute approximate surface area is 133 Å². The summed E-state index contributed by atoms with van der Waals surface area (Å²) in [5.41, 5.74) is 0.417. The van der Waals surface area contributed by atoms with Crippen LogP contribution in [0.4, 0.5) is 4.39 Å². The van der Waals surface area contributed by atoms with Gasteiger partial charge in [0, 0.05) is 25.6 Å². The monoisotopic (exact) mass is 382 g/mol. The molecule has 6 heteroatoms. The van der Waals surface area contributed by atoms with Gasteiger partial charge in [0.2, 0.25) is 0 Å². The lowest BCUT2D eigenvalue weighted by Crippen LogP contribution is -2.03. The summed E-state index contributed by atoms with van der Waals surface area (Å²) in [5.74, 6) is -0.574. The topological polar surface area (TPSA) is 20.2 Å². The molecule has 0 heterocycles. The van der Waals surface area contributed by atoms with Crippen molar-refractivity contribution in [1.29, 1.82) is 0 Å². The van der Waals surface area contributed by atoms with Crippen LogP contribution >= 0.6 is 50.7 Å². The zero-order valence-corrected chi connectivity index (χ0v) is 13.2. The van der Waals surface area contributed by atoms with E-state index in [0.29, 0.717) is 20.1 Å². The molecule has 1 atom stereocenters. The van der Waals surface area contributed by atoms with Gasteiger partial charge in [-0.25, -0.2) is 4.39 Å². The third-order valence-corrected chi connectivity index (χ3v) is 4.35. The van der Waals surface area contributed by atoms with Crippen molar-refractivity contribution in [3.8, 4) is 0 Å². The van der Waals surface area contributed by atoms with Gasteiger partial charge >= 0.3 is 0 Å². The molecule has 0 aliphatic rings. The molecular weight excluding hydrogens is 377 g/mol. The molecule has 1 nitrogen and oxygen atoms in total. The fourth-order valence-corrected chi connectivity index (χ4v) is 2.64. The van der Waals surface area contributed by atoms with Gasteiger partial charge in [-0.1, -0.05) is 40.9 Å². The third-order valence-electron chi connectivity index (χ3n) is 2.59. The van der Waals surface area contributed by atoms with Crippen LogP contribution in [0.25, 0.3) is 0 Å². The van der Waals surface area contributed by atoms with Crippen molar-refractivity contribution in [2.45, 2.75) is 6.10 Å². The molecule has 1 N–H and O–H groups in total. The molecule has 0 spiro atoms. The molecule has 0 aromatic heterocycles. The maximum absolute atomic E-state index is 13.9. The summed E-state index contributed by atoms with van der Waals surface area (Å²) in [6.07, 6.45) is -1.21. The van der Waals surface area contributed by atoms with Crippen molar-refractivity contribution < 1.29 is 9.50 Å². The molecular formula is C13H7BrCl3FO. The molecule has 100 valence electrons. The van der Waals surface area contributed by atoms with Crippen LogP contribution in [0, 0.1) is 5.82 Å². The molecule has 0 saturated heterocycles. The minimum atomic E-state index is -1.21. The number of halogens is 5. The van der Waals surface area contributed by atoms with Gasteiger partial charge in [0.05, 0.1) is 5.02 Å². The van der Waals surface area contributed by atoms with Crippen molar-refractivity contribution in [1.82, 2.24) is 0 Å². The first-order chi connectivity index (χ1) is 8.90. The van der Waals surface area contributed by atoms with Gasteiger partial charge in [-0.15, -0.1) is 0 Å². The summed E-state index contributed by atoms with van der Waals surface area (Å²) in [4.78, 5) is 0. The highest BCUT2D eigenvalue weighted by Crippen LogP contribution is 2.34. The molecule has 0 aliphatic carbocycles. The minimum absolute atomic E-state index is 0.0532. The molecule has 0 bridgehead atoms. The lowest BCUT2D eigenvalue weighted by molar-refractivity contribution is 0.215. The summed E-state index contributed by atoms with van der Waals surface area (Å²) < 4.78 is 14.3. The van der Waals surface area contributed by atoms with E-state index in [-0.39, 0.29) is 10.6 Å². The van der Waals surface area contributed by atoms with E-state index < -0.39 is 11.9 Å². The van der Waals surface area contributed by atoms with Crippen LogP contribution in [0.5, 0.6) is 0 Å². The molecule has 0 fully saturated rings. The fraction of sp³-hybridized carbons (Fsp3) is 0.0769. The second-order valence-electron chi connectivity index (χ2n) is 3.86. The Hall–Kier alpha value is -0.320. The van der Waals surface area contributed by atoms with E-state index in [1.165, 1.54) is 18.2 Å². The van der Waals surface area contributed by atoms with Gasteiger partial charge in [-0.2, -0.15) is 0 Å². The highest BCUT2D eigenvalue weighted by atomic mass is 79.9. The quantitative estimate of drug-likeness (QED) is 0.666. The summed E-state index contributed by atoms with van der Waals surface area (Å²) in [6, 6.07) is 7.16. The standard InChI is InChI=1S/C13H7BrCl3FO/c14-9-5-12(18)8(4-11(9)17)13(19)7-2-1-6(15)3-10(7)16/h1-5,13,19H. The van der Waals surface area contributed by atoms with Crippen LogP contribution in [-0.2, 0) is 0 Å². The highest BCUT2D eigenvalue weighted by Gasteiger charge is 2.19. The van der Waals surface area contributed by atoms with Crippen LogP contribution in [0.1, 0.15) is 17.2 Å². The van der Waals surface area contributed by atoms with E-state index in [9.17, 15) is 9.50 Å². The molecule has 0 amide bonds. The number of hydrogen-bond acceptors (Lipinski definition) is 1. The van der Waals surface area contributed by atoms with E-state index in [1.54, 1.807) is 12.1 Å². The molecule has 1 unspecified atom stereocenters. The normalized spacial score (nSPS) is 12.5. The molecule has 2 rings (SSSR count). The largest absolute Gasteiger partial charge is 0.383 e. The first-order valence-electron chi connectivity index (χ1n) is 5.17. The molecule has 0 saturated carbocycles. The second kappa shape index (κ2) is 5.98. The smallest absolute Gasteiger partial charge is 0.130 e. The van der Waals surface area contributed by atoms with Crippen LogP contribution in [0.2, 0.25) is 15.1 Å². The third kappa shape index (κ3) is 3.23. The van der Waals surface area contributed by atoms with Gasteiger partial charge in [0.15, 0.2) is 0 Å². The van der Waals surface area contributed by atoms with E-state index in [0.717, 1.165) is 0 Å². The second-order valence-corrected chi connectivity index (χ2v) is 5.96. The van der Waals surface area contributed by atoms with Crippen LogP contribution in [0.15, 0.2) is 34.8 Å². The van der Waals surface area contributed by atoms with E-state index in [4.69, 9.17) is 34.8 Å². The Bertz CT molecular complexity index is 634. The summed E-state index contributed by atoms with van der Waals surface area (Å²) in [6.45, 7) is 0. The van der Waals surface area contributed by atoms with Crippen molar-refractivity contribution in [3.63, 3.8) is 0 Å². The SMILES string of the molecule is OC(c1cc(Cl)c(Br)cc1F)c1ccc(Cl)cc1Cl. The first kappa shape index (κ1) is 15.1. The summed E-state index contributed by atoms with van der Waals surface area (Å²) >= 11 is 20.8. The maximum Gasteiger partial charge on any atom is 0.130 e. The van der Waals surface area contributed by atoms with Gasteiger partial charge in [0.1, 0.15) is 11.9 Å². The predicted molar refractivity (Wildman–Crippen MR) is 79.6 cm³/mol. The van der Waals surface area contributed by atoms with Crippen LogP contribution in [-0.4, -0.2) is 5.11 Å². The first-order valence-corrected chi connectivity index (χ1v) is 7.10. The fourth-order valence-electron chi connectivity index (χ4n) is 1.64. The Kier molecular flexibility index (Phi) is 4.75. The van der Waals surface area contributed by atoms with E-state index in [1.807, 2.05) is 0 Å². The average Bonchev–Trinajstić information content (AvgIpc) is 2.33. The Balaban J connectivity index is 2.49. The minimum Gasteiger partial charge on any atom is -0.383 e. The zero-order chi connectivity index (χ0) is 14.2. The Morgan fingerprint density at radius 1 is 1.00 bits per heavy atom. The van der Waals surface area contributed by atoms with Crippen LogP contribution in [0.3, 0.4) is 0 Å². The van der Waals surface area contributed by atoms with Crippen LogP contribution < -0.4 is 0 Å². The van der Waals surface area contributed by atoms with Crippen molar-refractivity contribution >= 4 is 50.7 Å². The Morgan fingerprint density at radius 3 is 2.32 bits per heavy atom. The van der Waals surface area contributed by atoms with E-state index in [2.05, 4.69) is 15.9 Å². The summed E-state index contributed by atoms with van der Waals surface area (Å²) in [5, 5.41) is 11.2. The molecule has 0 radical (unpaired) electrons. The van der Waals surface area contributed by atoms with E-state index >= 15 is 0 Å². The molecule has 0 aliphatic heterocycles. The maximum atomic E-state index is 13.9. The van der Waals surface area contributed by atoms with Gasteiger partial charge in [0.25, 0.3) is 0 Å². The number of aliphatic hydroxyl groups excluding tert-OH is 1. The lowest BCUT2D eigenvalue weighted by Gasteiger charge is -2.15.